The molecule has 2 atom stereocenters. The van der Waals surface area contributed by atoms with Crippen LogP contribution < -0.4 is 15.4 Å². The predicted molar refractivity (Wildman–Crippen MR) is 88.2 cm³/mol. The molecule has 1 aliphatic heterocycles. The lowest BCUT2D eigenvalue weighted by molar-refractivity contribution is 0.0922. The third-order valence-electron chi connectivity index (χ3n) is 3.45. The van der Waals surface area contributed by atoms with Crippen LogP contribution in [-0.2, 0) is 0 Å². The molecule has 0 aromatic heterocycles. The van der Waals surface area contributed by atoms with E-state index < -0.39 is 0 Å². The average Bonchev–Trinajstić information content (AvgIpc) is 2.41. The fraction of sp³-hybridized carbons (Fsp3) is 0.500. The number of carbonyl (C=O) groups excluding carboxylic acids is 1. The Morgan fingerprint density at radius 1 is 1.38 bits per heavy atom. The summed E-state index contributed by atoms with van der Waals surface area (Å²) in [5, 5.41) is 7.09. The first kappa shape index (κ1) is 18.4. The van der Waals surface area contributed by atoms with Gasteiger partial charge < -0.3 is 15.4 Å². The Balaban J connectivity index is 0.00000220. The van der Waals surface area contributed by atoms with Gasteiger partial charge in [0.25, 0.3) is 5.91 Å². The summed E-state index contributed by atoms with van der Waals surface area (Å²) in [7, 11) is 1.50. The standard InChI is InChI=1S/C14H18Cl2N2O2.ClH/c1-8-5-9(3-4-17-8)18-14(19)10-6-11(15)12(16)7-13(10)20-2;/h6-9,17H,3-5H2,1-2H3,(H,18,19);1H. The molecule has 1 saturated heterocycles. The summed E-state index contributed by atoms with van der Waals surface area (Å²) >= 11 is 11.9. The topological polar surface area (TPSA) is 50.4 Å². The summed E-state index contributed by atoms with van der Waals surface area (Å²) in [5.74, 6) is 0.249. The molecule has 0 bridgehead atoms. The van der Waals surface area contributed by atoms with Crippen molar-refractivity contribution >= 4 is 41.5 Å². The van der Waals surface area contributed by atoms with Gasteiger partial charge in [-0.25, -0.2) is 0 Å². The lowest BCUT2D eigenvalue weighted by Crippen LogP contribution is -2.46. The van der Waals surface area contributed by atoms with Crippen molar-refractivity contribution in [3.8, 4) is 5.75 Å². The van der Waals surface area contributed by atoms with Gasteiger partial charge in [-0.3, -0.25) is 4.79 Å². The summed E-state index contributed by atoms with van der Waals surface area (Å²) in [6, 6.07) is 3.68. The maximum atomic E-state index is 12.3. The number of methoxy groups -OCH3 is 1. The van der Waals surface area contributed by atoms with Crippen molar-refractivity contribution in [1.82, 2.24) is 10.6 Å². The fourth-order valence-corrected chi connectivity index (χ4v) is 2.72. The molecule has 1 aromatic carbocycles. The van der Waals surface area contributed by atoms with E-state index in [2.05, 4.69) is 17.6 Å². The van der Waals surface area contributed by atoms with Crippen molar-refractivity contribution in [2.45, 2.75) is 31.8 Å². The minimum absolute atomic E-state index is 0. The van der Waals surface area contributed by atoms with E-state index in [0.717, 1.165) is 19.4 Å². The highest BCUT2D eigenvalue weighted by molar-refractivity contribution is 6.42. The Morgan fingerprint density at radius 3 is 2.67 bits per heavy atom. The van der Waals surface area contributed by atoms with Crippen molar-refractivity contribution in [1.29, 1.82) is 0 Å². The van der Waals surface area contributed by atoms with E-state index in [1.54, 1.807) is 12.1 Å². The molecular weight excluding hydrogens is 335 g/mol. The highest BCUT2D eigenvalue weighted by Gasteiger charge is 2.22. The maximum absolute atomic E-state index is 12.3. The van der Waals surface area contributed by atoms with Crippen LogP contribution in [0.25, 0.3) is 0 Å². The molecule has 0 radical (unpaired) electrons. The quantitative estimate of drug-likeness (QED) is 0.876. The molecule has 0 aliphatic carbocycles. The minimum Gasteiger partial charge on any atom is -0.496 e. The van der Waals surface area contributed by atoms with Gasteiger partial charge in [0.1, 0.15) is 5.75 Å². The second-order valence-electron chi connectivity index (χ2n) is 5.02. The first-order valence-electron chi connectivity index (χ1n) is 6.58. The number of amides is 1. The first-order chi connectivity index (χ1) is 9.51. The summed E-state index contributed by atoms with van der Waals surface area (Å²) in [6.45, 7) is 3.02. The molecule has 2 N–H and O–H groups in total. The van der Waals surface area contributed by atoms with Gasteiger partial charge >= 0.3 is 0 Å². The molecule has 0 spiro atoms. The highest BCUT2D eigenvalue weighted by atomic mass is 35.5. The van der Waals surface area contributed by atoms with E-state index >= 15 is 0 Å². The molecule has 2 unspecified atom stereocenters. The Labute approximate surface area is 140 Å². The van der Waals surface area contributed by atoms with Crippen LogP contribution in [0, 0.1) is 0 Å². The number of hydrogen-bond acceptors (Lipinski definition) is 3. The van der Waals surface area contributed by atoms with Gasteiger partial charge in [-0.1, -0.05) is 23.2 Å². The van der Waals surface area contributed by atoms with Gasteiger partial charge in [0.05, 0.1) is 22.7 Å². The number of benzene rings is 1. The van der Waals surface area contributed by atoms with Crippen LogP contribution in [0.15, 0.2) is 12.1 Å². The van der Waals surface area contributed by atoms with Crippen LogP contribution in [0.5, 0.6) is 5.75 Å². The van der Waals surface area contributed by atoms with Crippen LogP contribution in [0.2, 0.25) is 10.0 Å². The fourth-order valence-electron chi connectivity index (χ4n) is 2.40. The Morgan fingerprint density at radius 2 is 2.05 bits per heavy atom. The van der Waals surface area contributed by atoms with Crippen molar-refractivity contribution in [3.63, 3.8) is 0 Å². The van der Waals surface area contributed by atoms with Crippen LogP contribution in [0.3, 0.4) is 0 Å². The molecule has 1 amide bonds. The molecule has 4 nitrogen and oxygen atoms in total. The molecule has 21 heavy (non-hydrogen) atoms. The Hall–Kier alpha value is -0.680. The van der Waals surface area contributed by atoms with Crippen LogP contribution in [-0.4, -0.2) is 31.6 Å². The van der Waals surface area contributed by atoms with Crippen LogP contribution in [0.1, 0.15) is 30.1 Å². The van der Waals surface area contributed by atoms with Crippen molar-refractivity contribution in [2.24, 2.45) is 0 Å². The smallest absolute Gasteiger partial charge is 0.255 e. The Bertz CT molecular complexity index is 511. The maximum Gasteiger partial charge on any atom is 0.255 e. The van der Waals surface area contributed by atoms with Gasteiger partial charge in [0.15, 0.2) is 0 Å². The van der Waals surface area contributed by atoms with Crippen LogP contribution in [0.4, 0.5) is 0 Å². The largest absolute Gasteiger partial charge is 0.496 e. The number of piperidine rings is 1. The van der Waals surface area contributed by atoms with Gasteiger partial charge in [-0.05, 0) is 32.4 Å². The summed E-state index contributed by atoms with van der Waals surface area (Å²) in [6.07, 6.45) is 1.83. The average molecular weight is 354 g/mol. The number of rotatable bonds is 3. The van der Waals surface area contributed by atoms with E-state index in [9.17, 15) is 4.79 Å². The van der Waals surface area contributed by atoms with Crippen molar-refractivity contribution < 1.29 is 9.53 Å². The molecule has 7 heteroatoms. The second kappa shape index (κ2) is 8.08. The van der Waals surface area contributed by atoms with Gasteiger partial charge in [0.2, 0.25) is 0 Å². The zero-order valence-electron chi connectivity index (χ0n) is 11.9. The molecule has 2 rings (SSSR count). The molecule has 118 valence electrons. The lowest BCUT2D eigenvalue weighted by Gasteiger charge is -2.28. The monoisotopic (exact) mass is 352 g/mol. The number of carbonyl (C=O) groups is 1. The zero-order valence-corrected chi connectivity index (χ0v) is 14.2. The number of hydrogen-bond donors (Lipinski definition) is 2. The van der Waals surface area contributed by atoms with Crippen LogP contribution >= 0.6 is 35.6 Å². The summed E-state index contributed by atoms with van der Waals surface area (Å²) in [5.41, 5.74) is 0.410. The second-order valence-corrected chi connectivity index (χ2v) is 5.83. The minimum atomic E-state index is -0.181. The molecule has 1 fully saturated rings. The van der Waals surface area contributed by atoms with E-state index in [-0.39, 0.29) is 24.4 Å². The molecule has 1 aliphatic rings. The first-order valence-corrected chi connectivity index (χ1v) is 7.34. The normalized spacial score (nSPS) is 21.3. The molecule has 1 heterocycles. The SMILES string of the molecule is COc1cc(Cl)c(Cl)cc1C(=O)NC1CCNC(C)C1.Cl. The number of ether oxygens (including phenoxy) is 1. The number of nitrogens with one attached hydrogen (secondary N) is 2. The van der Waals surface area contributed by atoms with Crippen molar-refractivity contribution in [2.75, 3.05) is 13.7 Å². The third-order valence-corrected chi connectivity index (χ3v) is 4.17. The van der Waals surface area contributed by atoms with E-state index in [0.29, 0.717) is 27.4 Å². The van der Waals surface area contributed by atoms with E-state index in [1.807, 2.05) is 0 Å². The highest BCUT2D eigenvalue weighted by Crippen LogP contribution is 2.30. The van der Waals surface area contributed by atoms with Crippen molar-refractivity contribution in [3.05, 3.63) is 27.7 Å². The van der Waals surface area contributed by atoms with Gasteiger partial charge in [-0.15, -0.1) is 12.4 Å². The van der Waals surface area contributed by atoms with Gasteiger partial charge in [0, 0.05) is 18.2 Å². The third kappa shape index (κ3) is 4.65. The van der Waals surface area contributed by atoms with E-state index in [4.69, 9.17) is 27.9 Å². The zero-order chi connectivity index (χ0) is 14.7. The van der Waals surface area contributed by atoms with E-state index in [1.165, 1.54) is 7.11 Å². The summed E-state index contributed by atoms with van der Waals surface area (Å²) in [4.78, 5) is 12.3. The molecule has 1 aromatic rings. The lowest BCUT2D eigenvalue weighted by atomic mass is 10.00. The predicted octanol–water partition coefficient (Wildman–Crippen LogP) is 3.29. The van der Waals surface area contributed by atoms with Gasteiger partial charge in [-0.2, -0.15) is 0 Å². The molecular formula is C14H19Cl3N2O2. The summed E-state index contributed by atoms with van der Waals surface area (Å²) < 4.78 is 5.20. The number of halogens is 3. The molecule has 0 saturated carbocycles. The Kier molecular flexibility index (Phi) is 7.07.